The molecule has 3 nitrogen and oxygen atoms in total. The topological polar surface area (TPSA) is 29.5 Å². The molecule has 0 aliphatic carbocycles. The Morgan fingerprint density at radius 3 is 2.52 bits per heavy atom. The molecule has 0 unspecified atom stereocenters. The van der Waals surface area contributed by atoms with Crippen LogP contribution in [0.1, 0.15) is 35.7 Å². The normalized spacial score (nSPS) is 10.3. The van der Waals surface area contributed by atoms with Gasteiger partial charge >= 0.3 is 5.97 Å². The van der Waals surface area contributed by atoms with Crippen LogP contribution in [0.3, 0.4) is 0 Å². The second-order valence-corrected chi connectivity index (χ2v) is 5.63. The van der Waals surface area contributed by atoms with Crippen LogP contribution < -0.4 is 4.90 Å². The highest BCUT2D eigenvalue weighted by atomic mass is 16.5. The Kier molecular flexibility index (Phi) is 6.67. The van der Waals surface area contributed by atoms with Crippen molar-refractivity contribution in [3.05, 3.63) is 65.7 Å². The van der Waals surface area contributed by atoms with Gasteiger partial charge in [-0.05, 0) is 56.5 Å². The molecule has 0 aromatic heterocycles. The molecule has 122 valence electrons. The zero-order valence-electron chi connectivity index (χ0n) is 14.0. The minimum Gasteiger partial charge on any atom is -0.462 e. The molecular formula is C20H25NO2. The molecule has 2 rings (SSSR count). The van der Waals surface area contributed by atoms with Crippen LogP contribution in [0, 0.1) is 6.92 Å². The Balaban J connectivity index is 1.71. The third kappa shape index (κ3) is 5.44. The summed E-state index contributed by atoms with van der Waals surface area (Å²) in [5.74, 6) is -0.239. The van der Waals surface area contributed by atoms with E-state index >= 15 is 0 Å². The number of carbonyl (C=O) groups is 1. The first-order valence-corrected chi connectivity index (χ1v) is 8.24. The second kappa shape index (κ2) is 8.99. The number of esters is 1. The monoisotopic (exact) mass is 311 g/mol. The average molecular weight is 311 g/mol. The summed E-state index contributed by atoms with van der Waals surface area (Å²) in [6, 6.07) is 17.7. The molecule has 0 heterocycles. The highest BCUT2D eigenvalue weighted by Crippen LogP contribution is 2.16. The average Bonchev–Trinajstić information content (AvgIpc) is 2.58. The van der Waals surface area contributed by atoms with Crippen LogP contribution in [0.5, 0.6) is 0 Å². The van der Waals surface area contributed by atoms with Crippen LogP contribution in [-0.4, -0.2) is 25.7 Å². The molecule has 0 N–H and O–H groups in total. The number of rotatable bonds is 8. The second-order valence-electron chi connectivity index (χ2n) is 5.63. The molecule has 23 heavy (non-hydrogen) atoms. The SMILES string of the molecule is CCN(CCCCOC(=O)c1ccccc1)c1cccc(C)c1. The number of hydrogen-bond donors (Lipinski definition) is 0. The molecule has 2 aromatic rings. The van der Waals surface area contributed by atoms with Crippen molar-refractivity contribution < 1.29 is 9.53 Å². The summed E-state index contributed by atoms with van der Waals surface area (Å²) < 4.78 is 5.31. The smallest absolute Gasteiger partial charge is 0.338 e. The molecule has 0 amide bonds. The molecular weight excluding hydrogens is 286 g/mol. The summed E-state index contributed by atoms with van der Waals surface area (Å²) in [7, 11) is 0. The summed E-state index contributed by atoms with van der Waals surface area (Å²) in [6.45, 7) is 6.70. The Bertz CT molecular complexity index is 610. The zero-order chi connectivity index (χ0) is 16.5. The predicted molar refractivity (Wildman–Crippen MR) is 95.0 cm³/mol. The Hall–Kier alpha value is -2.29. The van der Waals surface area contributed by atoms with Crippen LogP contribution in [0.4, 0.5) is 5.69 Å². The summed E-state index contributed by atoms with van der Waals surface area (Å²) in [5.41, 5.74) is 3.15. The van der Waals surface area contributed by atoms with Crippen LogP contribution in [0.25, 0.3) is 0 Å². The van der Waals surface area contributed by atoms with Crippen molar-refractivity contribution in [2.75, 3.05) is 24.6 Å². The fourth-order valence-corrected chi connectivity index (χ4v) is 2.52. The van der Waals surface area contributed by atoms with Gasteiger partial charge in [-0.3, -0.25) is 0 Å². The van der Waals surface area contributed by atoms with Crippen LogP contribution in [0.2, 0.25) is 0 Å². The molecule has 0 bridgehead atoms. The summed E-state index contributed by atoms with van der Waals surface area (Å²) in [5, 5.41) is 0. The molecule has 0 saturated carbocycles. The minimum atomic E-state index is -0.239. The number of aryl methyl sites for hydroxylation is 1. The minimum absolute atomic E-state index is 0.239. The van der Waals surface area contributed by atoms with Crippen molar-refractivity contribution in [2.45, 2.75) is 26.7 Å². The third-order valence-electron chi connectivity index (χ3n) is 3.81. The van der Waals surface area contributed by atoms with Crippen LogP contribution in [-0.2, 0) is 4.74 Å². The van der Waals surface area contributed by atoms with Gasteiger partial charge in [-0.2, -0.15) is 0 Å². The lowest BCUT2D eigenvalue weighted by atomic mass is 10.2. The van der Waals surface area contributed by atoms with Gasteiger partial charge in [0.15, 0.2) is 0 Å². The van der Waals surface area contributed by atoms with E-state index in [1.165, 1.54) is 11.3 Å². The number of anilines is 1. The number of nitrogens with zero attached hydrogens (tertiary/aromatic N) is 1. The maximum Gasteiger partial charge on any atom is 0.338 e. The van der Waals surface area contributed by atoms with Crippen molar-refractivity contribution in [1.29, 1.82) is 0 Å². The van der Waals surface area contributed by atoms with E-state index in [2.05, 4.69) is 43.0 Å². The van der Waals surface area contributed by atoms with Gasteiger partial charge in [0.25, 0.3) is 0 Å². The first kappa shape index (κ1) is 17.1. The maximum atomic E-state index is 11.8. The van der Waals surface area contributed by atoms with E-state index in [4.69, 9.17) is 4.74 Å². The van der Waals surface area contributed by atoms with Crippen LogP contribution >= 0.6 is 0 Å². The molecule has 0 saturated heterocycles. The van der Waals surface area contributed by atoms with E-state index in [1.54, 1.807) is 12.1 Å². The lowest BCUT2D eigenvalue weighted by Gasteiger charge is -2.23. The quantitative estimate of drug-likeness (QED) is 0.532. The lowest BCUT2D eigenvalue weighted by Crippen LogP contribution is -2.24. The Labute approximate surface area is 138 Å². The number of carbonyl (C=O) groups excluding carboxylic acids is 1. The maximum absolute atomic E-state index is 11.8. The molecule has 0 aliphatic heterocycles. The Morgan fingerprint density at radius 1 is 1.04 bits per heavy atom. The zero-order valence-corrected chi connectivity index (χ0v) is 14.0. The van der Waals surface area contributed by atoms with Crippen molar-refractivity contribution in [2.24, 2.45) is 0 Å². The molecule has 0 radical (unpaired) electrons. The van der Waals surface area contributed by atoms with Gasteiger partial charge in [0.2, 0.25) is 0 Å². The standard InChI is InChI=1S/C20H25NO2/c1-3-21(19-13-9-10-17(2)16-19)14-7-8-15-23-20(22)18-11-5-4-6-12-18/h4-6,9-13,16H,3,7-8,14-15H2,1-2H3. The molecule has 0 aliphatic rings. The fraction of sp³-hybridized carbons (Fsp3) is 0.350. The van der Waals surface area contributed by atoms with Gasteiger partial charge in [0, 0.05) is 18.8 Å². The van der Waals surface area contributed by atoms with Gasteiger partial charge in [-0.1, -0.05) is 30.3 Å². The van der Waals surface area contributed by atoms with Crippen molar-refractivity contribution in [1.82, 2.24) is 0 Å². The summed E-state index contributed by atoms with van der Waals surface area (Å²) in [6.07, 6.45) is 1.88. The highest BCUT2D eigenvalue weighted by Gasteiger charge is 2.07. The number of hydrogen-bond acceptors (Lipinski definition) is 3. The van der Waals surface area contributed by atoms with E-state index in [1.807, 2.05) is 18.2 Å². The van der Waals surface area contributed by atoms with E-state index in [0.29, 0.717) is 12.2 Å². The number of ether oxygens (including phenoxy) is 1. The van der Waals surface area contributed by atoms with E-state index in [0.717, 1.165) is 25.9 Å². The van der Waals surface area contributed by atoms with Crippen molar-refractivity contribution in [3.63, 3.8) is 0 Å². The summed E-state index contributed by atoms with van der Waals surface area (Å²) >= 11 is 0. The highest BCUT2D eigenvalue weighted by molar-refractivity contribution is 5.89. The Morgan fingerprint density at radius 2 is 1.83 bits per heavy atom. The van der Waals surface area contributed by atoms with Gasteiger partial charge < -0.3 is 9.64 Å². The van der Waals surface area contributed by atoms with Gasteiger partial charge in [-0.15, -0.1) is 0 Å². The van der Waals surface area contributed by atoms with E-state index in [-0.39, 0.29) is 5.97 Å². The summed E-state index contributed by atoms with van der Waals surface area (Å²) in [4.78, 5) is 14.2. The van der Waals surface area contributed by atoms with E-state index in [9.17, 15) is 4.79 Å². The molecule has 3 heteroatoms. The third-order valence-corrected chi connectivity index (χ3v) is 3.81. The molecule has 0 atom stereocenters. The van der Waals surface area contributed by atoms with Crippen molar-refractivity contribution in [3.8, 4) is 0 Å². The van der Waals surface area contributed by atoms with E-state index < -0.39 is 0 Å². The van der Waals surface area contributed by atoms with Gasteiger partial charge in [-0.25, -0.2) is 4.79 Å². The predicted octanol–water partition coefficient (Wildman–Crippen LogP) is 4.46. The number of benzene rings is 2. The number of unbranched alkanes of at least 4 members (excludes halogenated alkanes) is 1. The first-order valence-electron chi connectivity index (χ1n) is 8.24. The lowest BCUT2D eigenvalue weighted by molar-refractivity contribution is 0.0499. The van der Waals surface area contributed by atoms with Gasteiger partial charge in [0.1, 0.15) is 0 Å². The molecule has 2 aromatic carbocycles. The molecule has 0 spiro atoms. The van der Waals surface area contributed by atoms with Crippen molar-refractivity contribution >= 4 is 11.7 Å². The molecule has 0 fully saturated rings. The van der Waals surface area contributed by atoms with Gasteiger partial charge in [0.05, 0.1) is 12.2 Å². The van der Waals surface area contributed by atoms with Crippen LogP contribution in [0.15, 0.2) is 54.6 Å². The first-order chi connectivity index (χ1) is 11.2. The largest absolute Gasteiger partial charge is 0.462 e. The fourth-order valence-electron chi connectivity index (χ4n) is 2.52.